The minimum absolute atomic E-state index is 0.0995. The summed E-state index contributed by atoms with van der Waals surface area (Å²) in [6.45, 7) is 5.75. The summed E-state index contributed by atoms with van der Waals surface area (Å²) in [5.41, 5.74) is 0.859. The lowest BCUT2D eigenvalue weighted by Gasteiger charge is -2.22. The number of amides is 3. The molecule has 15 heteroatoms. The molecule has 1 N–H and O–H groups in total. The summed E-state index contributed by atoms with van der Waals surface area (Å²) < 4.78 is 65.3. The van der Waals surface area contributed by atoms with Crippen LogP contribution in [0.3, 0.4) is 0 Å². The second kappa shape index (κ2) is 14.9. The predicted molar refractivity (Wildman–Crippen MR) is 188 cm³/mol. The van der Waals surface area contributed by atoms with E-state index in [1.165, 1.54) is 11.2 Å². The van der Waals surface area contributed by atoms with Crippen molar-refractivity contribution in [1.29, 1.82) is 0 Å². The number of hydrogen-bond acceptors (Lipinski definition) is 9. The first-order valence-electron chi connectivity index (χ1n) is 16.0. The molecule has 4 aromatic rings. The molecule has 1 aliphatic heterocycles. The van der Waals surface area contributed by atoms with Crippen molar-refractivity contribution in [3.05, 3.63) is 101 Å². The molecule has 1 aromatic heterocycles. The fourth-order valence-corrected chi connectivity index (χ4v) is 6.65. The Morgan fingerprint density at radius 2 is 1.65 bits per heavy atom. The lowest BCUT2D eigenvalue weighted by Crippen LogP contribution is -2.31. The van der Waals surface area contributed by atoms with Gasteiger partial charge < -0.3 is 15.0 Å². The molecule has 268 valence electrons. The molecule has 0 fully saturated rings. The number of hydrogen-bond donors (Lipinski definition) is 1. The van der Waals surface area contributed by atoms with E-state index < -0.39 is 38.9 Å². The maximum absolute atomic E-state index is 14.7. The largest absolute Gasteiger partial charge is 0.442 e. The van der Waals surface area contributed by atoms with Gasteiger partial charge in [0.15, 0.2) is 5.82 Å². The number of anilines is 3. The van der Waals surface area contributed by atoms with Crippen LogP contribution in [0.4, 0.5) is 35.3 Å². The van der Waals surface area contributed by atoms with Gasteiger partial charge in [0.1, 0.15) is 22.9 Å². The van der Waals surface area contributed by atoms with Crippen LogP contribution >= 0.6 is 0 Å². The Kier molecular flexibility index (Phi) is 10.8. The standard InChI is InChI=1S/C36H37F3N6O5S/c1-36(2,3)50-35(48)43-51(5,49)21-22-16-24(41-34-40-20-30(39)31(42-34)28-13-12-23(37)18-29(28)38)19-25(17-22)44(4)14-8-9-15-45-32(46)26-10-6-7-11-27(26)33(45)47/h6-7,10-13,16-20H,8-9,14-15,21H2,1-5H3,(H,40,41,42)/t51-/m1/s1. The van der Waals surface area contributed by atoms with Crippen molar-refractivity contribution in [3.8, 4) is 11.3 Å². The van der Waals surface area contributed by atoms with Crippen molar-refractivity contribution >= 4 is 45.0 Å². The van der Waals surface area contributed by atoms with Crippen molar-refractivity contribution in [2.75, 3.05) is 36.6 Å². The Labute approximate surface area is 294 Å². The monoisotopic (exact) mass is 722 g/mol. The molecule has 1 aliphatic rings. The third-order valence-corrected chi connectivity index (χ3v) is 9.11. The van der Waals surface area contributed by atoms with Gasteiger partial charge in [0.2, 0.25) is 5.95 Å². The van der Waals surface area contributed by atoms with Gasteiger partial charge in [-0.05, 0) is 81.6 Å². The molecule has 0 spiro atoms. The van der Waals surface area contributed by atoms with E-state index in [0.29, 0.717) is 53.5 Å². The zero-order valence-electron chi connectivity index (χ0n) is 28.7. The number of halogens is 3. The number of benzene rings is 3. The molecule has 0 saturated heterocycles. The van der Waals surface area contributed by atoms with Crippen LogP contribution in [0.5, 0.6) is 0 Å². The first-order valence-corrected chi connectivity index (χ1v) is 18.1. The van der Waals surface area contributed by atoms with Crippen LogP contribution in [0.25, 0.3) is 11.3 Å². The Balaban J connectivity index is 1.37. The summed E-state index contributed by atoms with van der Waals surface area (Å²) in [6.07, 6.45) is 2.37. The molecule has 3 amide bonds. The molecule has 11 nitrogen and oxygen atoms in total. The summed E-state index contributed by atoms with van der Waals surface area (Å²) in [7, 11) is -1.30. The van der Waals surface area contributed by atoms with Crippen molar-refractivity contribution in [3.63, 3.8) is 0 Å². The van der Waals surface area contributed by atoms with E-state index in [2.05, 4.69) is 19.6 Å². The molecule has 0 bridgehead atoms. The number of fused-ring (bicyclic) bond motifs is 1. The number of nitrogens with one attached hydrogen (secondary N) is 1. The quantitative estimate of drug-likeness (QED) is 0.125. The Morgan fingerprint density at radius 3 is 2.29 bits per heavy atom. The predicted octanol–water partition coefficient (Wildman–Crippen LogP) is 7.35. The van der Waals surface area contributed by atoms with Crippen molar-refractivity contribution in [2.45, 2.75) is 45.0 Å². The molecule has 3 aromatic carbocycles. The normalized spacial score (nSPS) is 13.8. The van der Waals surface area contributed by atoms with Crippen LogP contribution in [-0.2, 0) is 20.2 Å². The van der Waals surface area contributed by atoms with Gasteiger partial charge in [0.05, 0.1) is 32.8 Å². The summed E-state index contributed by atoms with van der Waals surface area (Å²) in [5.74, 6) is -3.63. The van der Waals surface area contributed by atoms with E-state index in [1.807, 2.05) is 11.9 Å². The van der Waals surface area contributed by atoms with Gasteiger partial charge in [-0.25, -0.2) is 32.1 Å². The van der Waals surface area contributed by atoms with Gasteiger partial charge in [0, 0.05) is 49.4 Å². The number of imide groups is 1. The zero-order chi connectivity index (χ0) is 37.1. The van der Waals surface area contributed by atoms with Crippen LogP contribution in [0.15, 0.2) is 71.2 Å². The zero-order valence-corrected chi connectivity index (χ0v) is 29.5. The third kappa shape index (κ3) is 9.28. The first kappa shape index (κ1) is 37.0. The minimum Gasteiger partial charge on any atom is -0.442 e. The van der Waals surface area contributed by atoms with Crippen LogP contribution in [0.1, 0.15) is 59.9 Å². The lowest BCUT2D eigenvalue weighted by molar-refractivity contribution is 0.0603. The van der Waals surface area contributed by atoms with Crippen molar-refractivity contribution in [1.82, 2.24) is 14.9 Å². The van der Waals surface area contributed by atoms with Crippen LogP contribution < -0.4 is 10.2 Å². The molecular formula is C36H37F3N6O5S. The topological polar surface area (TPSA) is 134 Å². The molecule has 2 heterocycles. The molecule has 1 atom stereocenters. The maximum atomic E-state index is 14.7. The van der Waals surface area contributed by atoms with E-state index in [4.69, 9.17) is 4.74 Å². The highest BCUT2D eigenvalue weighted by Crippen LogP contribution is 2.29. The molecule has 0 radical (unpaired) electrons. The second-order valence-electron chi connectivity index (χ2n) is 13.1. The van der Waals surface area contributed by atoms with Crippen molar-refractivity contribution < 1.29 is 36.5 Å². The van der Waals surface area contributed by atoms with E-state index >= 15 is 0 Å². The van der Waals surface area contributed by atoms with E-state index in [9.17, 15) is 31.8 Å². The van der Waals surface area contributed by atoms with Gasteiger partial charge in [-0.3, -0.25) is 14.5 Å². The molecule has 0 saturated carbocycles. The molecular weight excluding hydrogens is 685 g/mol. The smallest absolute Gasteiger partial charge is 0.442 e. The summed E-state index contributed by atoms with van der Waals surface area (Å²) in [6, 6.07) is 14.5. The summed E-state index contributed by atoms with van der Waals surface area (Å²) >= 11 is 0. The van der Waals surface area contributed by atoms with Crippen LogP contribution in [-0.4, -0.2) is 69.0 Å². The summed E-state index contributed by atoms with van der Waals surface area (Å²) in [4.78, 5) is 49.1. The van der Waals surface area contributed by atoms with E-state index in [0.717, 1.165) is 18.3 Å². The van der Waals surface area contributed by atoms with Gasteiger partial charge in [-0.2, -0.15) is 0 Å². The SMILES string of the molecule is CN(CCCCN1C(=O)c2ccccc2C1=O)c1cc(C[S@@](C)(=O)=NC(=O)OC(C)(C)C)cc(Nc2ncc(F)c(-c3ccc(F)cc3F)n2)c1. The number of rotatable bonds is 11. The highest BCUT2D eigenvalue weighted by Gasteiger charge is 2.34. The van der Waals surface area contributed by atoms with Gasteiger partial charge >= 0.3 is 6.09 Å². The molecule has 5 rings (SSSR count). The molecule has 0 unspecified atom stereocenters. The fourth-order valence-electron chi connectivity index (χ4n) is 5.45. The summed E-state index contributed by atoms with van der Waals surface area (Å²) in [5, 5.41) is 2.98. The average molecular weight is 723 g/mol. The first-order chi connectivity index (χ1) is 24.0. The Bertz CT molecular complexity index is 2100. The number of carbonyl (C=O) groups is 3. The van der Waals surface area contributed by atoms with Crippen LogP contribution in [0.2, 0.25) is 0 Å². The fraction of sp³-hybridized carbons (Fsp3) is 0.306. The van der Waals surface area contributed by atoms with Crippen LogP contribution in [0, 0.1) is 17.5 Å². The highest BCUT2D eigenvalue weighted by atomic mass is 32.2. The van der Waals surface area contributed by atoms with Gasteiger partial charge in [0.25, 0.3) is 11.8 Å². The maximum Gasteiger partial charge on any atom is 0.442 e. The average Bonchev–Trinajstić information content (AvgIpc) is 3.27. The van der Waals surface area contributed by atoms with E-state index in [1.54, 1.807) is 63.2 Å². The van der Waals surface area contributed by atoms with Gasteiger partial charge in [-0.1, -0.05) is 12.1 Å². The Hall–Kier alpha value is -5.31. The van der Waals surface area contributed by atoms with E-state index in [-0.39, 0.29) is 41.3 Å². The second-order valence-corrected chi connectivity index (χ2v) is 15.5. The Morgan fingerprint density at radius 1 is 0.961 bits per heavy atom. The number of carbonyl (C=O) groups excluding carboxylic acids is 3. The lowest BCUT2D eigenvalue weighted by atomic mass is 10.1. The molecule has 51 heavy (non-hydrogen) atoms. The van der Waals surface area contributed by atoms with Crippen molar-refractivity contribution in [2.24, 2.45) is 4.36 Å². The number of ether oxygens (including phenoxy) is 1. The highest BCUT2D eigenvalue weighted by molar-refractivity contribution is 7.92. The molecule has 0 aliphatic carbocycles. The number of nitrogens with zero attached hydrogens (tertiary/aromatic N) is 5. The van der Waals surface area contributed by atoms with Gasteiger partial charge in [-0.15, -0.1) is 4.36 Å². The third-order valence-electron chi connectivity index (χ3n) is 7.70. The number of aromatic nitrogens is 2. The number of unbranched alkanes of at least 4 members (excludes halogenated alkanes) is 1. The minimum atomic E-state index is -3.13.